The second-order valence-electron chi connectivity index (χ2n) is 9.05. The summed E-state index contributed by atoms with van der Waals surface area (Å²) in [7, 11) is 0. The van der Waals surface area contributed by atoms with Gasteiger partial charge < -0.3 is 4.74 Å². The summed E-state index contributed by atoms with van der Waals surface area (Å²) in [6.07, 6.45) is 1.04. The van der Waals surface area contributed by atoms with E-state index in [0.29, 0.717) is 11.3 Å². The summed E-state index contributed by atoms with van der Waals surface area (Å²) in [6, 6.07) is 23.7. The zero-order valence-electron chi connectivity index (χ0n) is 19.4. The molecule has 0 aliphatic rings. The highest BCUT2D eigenvalue weighted by Crippen LogP contribution is 2.30. The maximum atomic E-state index is 13.3. The SMILES string of the molecule is CCC(C)(C)c1ccc(OC(=O)c2cc(-c3ccccc3)nc3c(C)cc(C)cc23)cc1. The van der Waals surface area contributed by atoms with Crippen LogP contribution in [-0.2, 0) is 5.41 Å². The molecule has 0 aliphatic carbocycles. The number of nitrogens with zero attached hydrogens (tertiary/aromatic N) is 1. The Morgan fingerprint density at radius 2 is 1.62 bits per heavy atom. The van der Waals surface area contributed by atoms with Crippen LogP contribution in [0, 0.1) is 13.8 Å². The quantitative estimate of drug-likeness (QED) is 0.247. The molecule has 0 amide bonds. The highest BCUT2D eigenvalue weighted by Gasteiger charge is 2.20. The first kappa shape index (κ1) is 21.8. The van der Waals surface area contributed by atoms with Crippen molar-refractivity contribution >= 4 is 16.9 Å². The molecule has 0 saturated heterocycles. The zero-order valence-corrected chi connectivity index (χ0v) is 19.4. The van der Waals surface area contributed by atoms with Crippen LogP contribution >= 0.6 is 0 Å². The highest BCUT2D eigenvalue weighted by atomic mass is 16.5. The molecular weight excluding hydrogens is 394 g/mol. The molecule has 1 aromatic heterocycles. The zero-order chi connectivity index (χ0) is 22.9. The third-order valence-corrected chi connectivity index (χ3v) is 6.27. The van der Waals surface area contributed by atoms with Crippen molar-refractivity contribution in [3.05, 3.63) is 95.1 Å². The van der Waals surface area contributed by atoms with E-state index in [1.54, 1.807) is 0 Å². The molecule has 3 heteroatoms. The number of benzene rings is 3. The van der Waals surface area contributed by atoms with Crippen LogP contribution in [0.15, 0.2) is 72.8 Å². The van der Waals surface area contributed by atoms with E-state index in [1.165, 1.54) is 5.56 Å². The van der Waals surface area contributed by atoms with Crippen LogP contribution < -0.4 is 4.74 Å². The number of carbonyl (C=O) groups excluding carboxylic acids is 1. The smallest absolute Gasteiger partial charge is 0.344 e. The predicted molar refractivity (Wildman–Crippen MR) is 131 cm³/mol. The van der Waals surface area contributed by atoms with Crippen molar-refractivity contribution in [1.82, 2.24) is 4.98 Å². The van der Waals surface area contributed by atoms with Crippen molar-refractivity contribution in [1.29, 1.82) is 0 Å². The third kappa shape index (κ3) is 4.29. The van der Waals surface area contributed by atoms with Gasteiger partial charge in [0.2, 0.25) is 0 Å². The molecule has 3 aromatic carbocycles. The van der Waals surface area contributed by atoms with Crippen molar-refractivity contribution in [3.63, 3.8) is 0 Å². The minimum absolute atomic E-state index is 0.0868. The van der Waals surface area contributed by atoms with Gasteiger partial charge in [0.25, 0.3) is 0 Å². The second kappa shape index (κ2) is 8.58. The Bertz CT molecular complexity index is 1270. The Balaban J connectivity index is 1.76. The molecule has 0 N–H and O–H groups in total. The summed E-state index contributed by atoms with van der Waals surface area (Å²) < 4.78 is 5.81. The number of aromatic nitrogens is 1. The lowest BCUT2D eigenvalue weighted by molar-refractivity contribution is 0.0737. The number of esters is 1. The van der Waals surface area contributed by atoms with Gasteiger partial charge in [-0.25, -0.2) is 9.78 Å². The van der Waals surface area contributed by atoms with Gasteiger partial charge in [-0.1, -0.05) is 74.9 Å². The minimum Gasteiger partial charge on any atom is -0.423 e. The van der Waals surface area contributed by atoms with Gasteiger partial charge in [-0.3, -0.25) is 0 Å². The summed E-state index contributed by atoms with van der Waals surface area (Å²) in [5.41, 5.74) is 6.52. The molecule has 4 aromatic rings. The fraction of sp³-hybridized carbons (Fsp3) is 0.241. The maximum Gasteiger partial charge on any atom is 0.344 e. The van der Waals surface area contributed by atoms with Crippen molar-refractivity contribution in [2.24, 2.45) is 0 Å². The first-order valence-electron chi connectivity index (χ1n) is 11.1. The molecule has 0 bridgehead atoms. The summed E-state index contributed by atoms with van der Waals surface area (Å²) in [6.45, 7) is 10.7. The molecule has 32 heavy (non-hydrogen) atoms. The van der Waals surface area contributed by atoms with E-state index in [4.69, 9.17) is 9.72 Å². The maximum absolute atomic E-state index is 13.3. The Morgan fingerprint density at radius 3 is 2.28 bits per heavy atom. The number of fused-ring (bicyclic) bond motifs is 1. The summed E-state index contributed by atoms with van der Waals surface area (Å²) in [4.78, 5) is 18.2. The highest BCUT2D eigenvalue weighted by molar-refractivity contribution is 6.06. The fourth-order valence-corrected chi connectivity index (χ4v) is 3.95. The van der Waals surface area contributed by atoms with Gasteiger partial charge >= 0.3 is 5.97 Å². The molecule has 4 rings (SSSR count). The van der Waals surface area contributed by atoms with Gasteiger partial charge in [0, 0.05) is 10.9 Å². The largest absolute Gasteiger partial charge is 0.423 e. The Kier molecular flexibility index (Phi) is 5.84. The van der Waals surface area contributed by atoms with E-state index in [0.717, 1.165) is 39.7 Å². The van der Waals surface area contributed by atoms with Crippen LogP contribution in [0.1, 0.15) is 54.2 Å². The van der Waals surface area contributed by atoms with Crippen molar-refractivity contribution in [2.45, 2.75) is 46.5 Å². The molecule has 0 atom stereocenters. The number of rotatable bonds is 5. The van der Waals surface area contributed by atoms with E-state index in [2.05, 4.69) is 26.8 Å². The Morgan fingerprint density at radius 1 is 0.938 bits per heavy atom. The number of aryl methyl sites for hydroxylation is 2. The van der Waals surface area contributed by atoms with E-state index in [-0.39, 0.29) is 11.4 Å². The van der Waals surface area contributed by atoms with Crippen LogP contribution in [0.2, 0.25) is 0 Å². The molecule has 0 unspecified atom stereocenters. The summed E-state index contributed by atoms with van der Waals surface area (Å²) >= 11 is 0. The average molecular weight is 424 g/mol. The van der Waals surface area contributed by atoms with Crippen molar-refractivity contribution in [2.75, 3.05) is 0 Å². The lowest BCUT2D eigenvalue weighted by atomic mass is 9.82. The van der Waals surface area contributed by atoms with Gasteiger partial charge in [-0.2, -0.15) is 0 Å². The molecular formula is C29H29NO2. The van der Waals surface area contributed by atoms with Crippen LogP contribution in [0.25, 0.3) is 22.2 Å². The van der Waals surface area contributed by atoms with E-state index < -0.39 is 0 Å². The monoisotopic (exact) mass is 423 g/mol. The fourth-order valence-electron chi connectivity index (χ4n) is 3.95. The van der Waals surface area contributed by atoms with Crippen LogP contribution in [0.3, 0.4) is 0 Å². The van der Waals surface area contributed by atoms with Crippen molar-refractivity contribution < 1.29 is 9.53 Å². The average Bonchev–Trinajstić information content (AvgIpc) is 2.79. The molecule has 1 heterocycles. The predicted octanol–water partition coefficient (Wildman–Crippen LogP) is 7.43. The first-order chi connectivity index (χ1) is 15.3. The molecule has 0 saturated carbocycles. The molecule has 162 valence electrons. The van der Waals surface area contributed by atoms with Crippen molar-refractivity contribution in [3.8, 4) is 17.0 Å². The molecule has 0 aliphatic heterocycles. The Labute approximate surface area is 190 Å². The Hall–Kier alpha value is -3.46. The summed E-state index contributed by atoms with van der Waals surface area (Å²) in [5.74, 6) is 0.170. The minimum atomic E-state index is -0.373. The first-order valence-corrected chi connectivity index (χ1v) is 11.1. The number of hydrogen-bond donors (Lipinski definition) is 0. The molecule has 0 spiro atoms. The van der Waals surface area contributed by atoms with Gasteiger partial charge in [0.05, 0.1) is 16.8 Å². The van der Waals surface area contributed by atoms with Gasteiger partial charge in [0.1, 0.15) is 5.75 Å². The van der Waals surface area contributed by atoms with Gasteiger partial charge in [-0.05, 0) is 61.1 Å². The van der Waals surface area contributed by atoms with E-state index >= 15 is 0 Å². The van der Waals surface area contributed by atoms with E-state index in [9.17, 15) is 4.79 Å². The van der Waals surface area contributed by atoms with Crippen LogP contribution in [0.4, 0.5) is 0 Å². The van der Waals surface area contributed by atoms with Crippen LogP contribution in [0.5, 0.6) is 5.75 Å². The lowest BCUT2D eigenvalue weighted by Crippen LogP contribution is -2.15. The molecule has 3 nitrogen and oxygen atoms in total. The molecule has 0 radical (unpaired) electrons. The normalized spacial score (nSPS) is 11.5. The topological polar surface area (TPSA) is 39.2 Å². The molecule has 0 fully saturated rings. The van der Waals surface area contributed by atoms with Gasteiger partial charge in [-0.15, -0.1) is 0 Å². The van der Waals surface area contributed by atoms with Gasteiger partial charge in [0.15, 0.2) is 0 Å². The number of hydrogen-bond acceptors (Lipinski definition) is 3. The third-order valence-electron chi connectivity index (χ3n) is 6.27. The summed E-state index contributed by atoms with van der Waals surface area (Å²) in [5, 5.41) is 0.816. The van der Waals surface area contributed by atoms with E-state index in [1.807, 2.05) is 80.6 Å². The number of pyridine rings is 1. The lowest BCUT2D eigenvalue weighted by Gasteiger charge is -2.23. The number of ether oxygens (including phenoxy) is 1. The second-order valence-corrected chi connectivity index (χ2v) is 9.05. The van der Waals surface area contributed by atoms with Crippen LogP contribution in [-0.4, -0.2) is 11.0 Å². The standard InChI is InChI=1S/C29H29NO2/c1-6-29(4,5)22-12-14-23(15-13-22)32-28(31)25-18-26(21-10-8-7-9-11-21)30-27-20(3)16-19(2)17-24(25)27/h7-18H,6H2,1-5H3. The number of carbonyl (C=O) groups is 1.